The third-order valence-corrected chi connectivity index (χ3v) is 13.1. The number of primary amides is 1. The fourth-order valence-electron chi connectivity index (χ4n) is 6.84. The lowest BCUT2D eigenvalue weighted by atomic mass is 9.68. The summed E-state index contributed by atoms with van der Waals surface area (Å²) in [7, 11) is -1.83. The number of carbonyl (C=O) groups excluding carboxylic acids is 1. The number of amides is 2. The van der Waals surface area contributed by atoms with E-state index in [1.807, 2.05) is 24.4 Å². The normalized spacial score (nSPS) is 31.5. The van der Waals surface area contributed by atoms with Crippen molar-refractivity contribution in [1.82, 2.24) is 5.43 Å². The quantitative estimate of drug-likeness (QED) is 0.208. The van der Waals surface area contributed by atoms with Crippen molar-refractivity contribution in [2.45, 2.75) is 69.7 Å². The fraction of sp³-hybridized carbons (Fsp3) is 0.438. The Morgan fingerprint density at radius 3 is 2.56 bits per heavy atom. The number of rotatable bonds is 7. The van der Waals surface area contributed by atoms with Gasteiger partial charge in [0.2, 0.25) is 0 Å². The lowest BCUT2D eigenvalue weighted by Crippen LogP contribution is -2.47. The number of carbonyl (C=O) groups is 1. The van der Waals surface area contributed by atoms with E-state index in [0.29, 0.717) is 12.1 Å². The third-order valence-electron chi connectivity index (χ3n) is 9.04. The Morgan fingerprint density at radius 2 is 1.85 bits per heavy atom. The van der Waals surface area contributed by atoms with Gasteiger partial charge >= 0.3 is 6.03 Å². The van der Waals surface area contributed by atoms with Crippen LogP contribution in [-0.4, -0.2) is 38.6 Å². The van der Waals surface area contributed by atoms with Gasteiger partial charge in [-0.05, 0) is 37.3 Å². The van der Waals surface area contributed by atoms with Gasteiger partial charge in [-0.3, -0.25) is 0 Å². The standard InChI is InChI=1S/C32H41N3O3Si/c1-22-17-18-24(20-34-35-32(33)36)30-29(22)28-19-26(39(2,3)25-13-8-5-9-14-25)15-10-16-27(31(30)38-28)37-21-23-11-6-4-7-12-23/h4-15,17,20,24,26-31H,16,18-19,21H2,1-3H3,(H3,33,35,36)/b15-10-,34-20+/t24-,26-,27+,28-,29-,30-,31+/m1/s1. The van der Waals surface area contributed by atoms with Crippen molar-refractivity contribution >= 4 is 25.5 Å². The maximum atomic E-state index is 11.3. The first-order chi connectivity index (χ1) is 18.8. The summed E-state index contributed by atoms with van der Waals surface area (Å²) in [5.74, 6) is 0.628. The Labute approximate surface area is 233 Å². The van der Waals surface area contributed by atoms with Crippen molar-refractivity contribution in [3.8, 4) is 0 Å². The minimum atomic E-state index is -1.83. The zero-order valence-electron chi connectivity index (χ0n) is 23.2. The van der Waals surface area contributed by atoms with E-state index in [1.165, 1.54) is 10.8 Å². The van der Waals surface area contributed by atoms with Crippen LogP contribution in [0.25, 0.3) is 0 Å². The summed E-state index contributed by atoms with van der Waals surface area (Å²) >= 11 is 0. The number of nitrogens with one attached hydrogen (secondary N) is 1. The van der Waals surface area contributed by atoms with Crippen molar-refractivity contribution in [3.63, 3.8) is 0 Å². The van der Waals surface area contributed by atoms with E-state index in [0.717, 1.165) is 24.8 Å². The van der Waals surface area contributed by atoms with Crippen LogP contribution >= 0.6 is 0 Å². The van der Waals surface area contributed by atoms with Crippen LogP contribution in [0.15, 0.2) is 89.6 Å². The Bertz CT molecular complexity index is 1210. The summed E-state index contributed by atoms with van der Waals surface area (Å²) in [5.41, 5.74) is 10.7. The molecule has 0 unspecified atom stereocenters. The van der Waals surface area contributed by atoms with E-state index in [2.05, 4.69) is 91.2 Å². The van der Waals surface area contributed by atoms with Crippen molar-refractivity contribution < 1.29 is 14.3 Å². The number of fused-ring (bicyclic) bond motifs is 5. The van der Waals surface area contributed by atoms with Gasteiger partial charge in [-0.25, -0.2) is 10.2 Å². The van der Waals surface area contributed by atoms with Crippen LogP contribution in [0.2, 0.25) is 18.6 Å². The number of benzene rings is 2. The molecule has 3 aliphatic rings. The predicted octanol–water partition coefficient (Wildman–Crippen LogP) is 5.53. The van der Waals surface area contributed by atoms with Crippen LogP contribution in [0.4, 0.5) is 4.79 Å². The number of urea groups is 1. The molecule has 1 fully saturated rings. The molecule has 206 valence electrons. The molecule has 2 aliphatic heterocycles. The SMILES string of the molecule is CC1=CC[C@H](/C=N/NC(N)=O)[C@H]2[C@H]3O[C@H](C[C@H]([Si](C)(C)c4ccccc4)/C=C\C[C@@H]3OCc3ccccc3)[C@@H]12. The molecule has 7 heteroatoms. The van der Waals surface area contributed by atoms with Crippen molar-refractivity contribution in [1.29, 1.82) is 0 Å². The molecule has 39 heavy (non-hydrogen) atoms. The molecule has 7 atom stereocenters. The molecule has 0 radical (unpaired) electrons. The Kier molecular flexibility index (Phi) is 8.50. The average Bonchev–Trinajstić information content (AvgIpc) is 3.35. The predicted molar refractivity (Wildman–Crippen MR) is 159 cm³/mol. The highest BCUT2D eigenvalue weighted by Crippen LogP contribution is 2.51. The summed E-state index contributed by atoms with van der Waals surface area (Å²) < 4.78 is 13.7. The lowest BCUT2D eigenvalue weighted by Gasteiger charge is -2.38. The minimum Gasteiger partial charge on any atom is -0.371 e. The molecule has 1 aliphatic carbocycles. The number of hydrogen-bond acceptors (Lipinski definition) is 4. The van der Waals surface area contributed by atoms with Gasteiger partial charge in [-0.15, -0.1) is 0 Å². The lowest BCUT2D eigenvalue weighted by molar-refractivity contribution is -0.0873. The molecule has 2 heterocycles. The monoisotopic (exact) mass is 543 g/mol. The maximum Gasteiger partial charge on any atom is 0.332 e. The van der Waals surface area contributed by atoms with Crippen molar-refractivity contribution in [2.75, 3.05) is 0 Å². The number of hydrazone groups is 1. The van der Waals surface area contributed by atoms with Gasteiger partial charge in [0, 0.05) is 24.0 Å². The first kappa shape index (κ1) is 27.6. The zero-order chi connectivity index (χ0) is 27.4. The number of nitrogens with two attached hydrogens (primary N) is 1. The number of hydrogen-bond donors (Lipinski definition) is 2. The van der Waals surface area contributed by atoms with Gasteiger partial charge in [0.15, 0.2) is 0 Å². The summed E-state index contributed by atoms with van der Waals surface area (Å²) in [6.07, 6.45) is 11.6. The van der Waals surface area contributed by atoms with E-state index in [9.17, 15) is 4.79 Å². The van der Waals surface area contributed by atoms with E-state index in [4.69, 9.17) is 15.2 Å². The van der Waals surface area contributed by atoms with Gasteiger partial charge in [0.1, 0.15) is 0 Å². The fourth-order valence-corrected chi connectivity index (χ4v) is 9.76. The van der Waals surface area contributed by atoms with Crippen LogP contribution in [0.5, 0.6) is 0 Å². The molecule has 2 amide bonds. The molecule has 2 aromatic rings. The van der Waals surface area contributed by atoms with Gasteiger partial charge in [-0.2, -0.15) is 5.10 Å². The van der Waals surface area contributed by atoms with E-state index < -0.39 is 14.1 Å². The van der Waals surface area contributed by atoms with Crippen LogP contribution in [0.1, 0.15) is 31.7 Å². The average molecular weight is 544 g/mol. The molecule has 2 aromatic carbocycles. The second-order valence-corrected chi connectivity index (χ2v) is 16.5. The molecule has 6 nitrogen and oxygen atoms in total. The first-order valence-electron chi connectivity index (χ1n) is 14.1. The molecule has 3 N–H and O–H groups in total. The first-order valence-corrected chi connectivity index (χ1v) is 17.2. The summed E-state index contributed by atoms with van der Waals surface area (Å²) in [5, 5.41) is 5.66. The van der Waals surface area contributed by atoms with Gasteiger partial charge in [0.25, 0.3) is 0 Å². The largest absolute Gasteiger partial charge is 0.371 e. The Morgan fingerprint density at radius 1 is 1.13 bits per heavy atom. The number of nitrogens with zero attached hydrogens (tertiary/aromatic N) is 1. The van der Waals surface area contributed by atoms with Gasteiger partial charge in [-0.1, -0.05) is 103 Å². The second-order valence-electron chi connectivity index (χ2n) is 11.8. The highest BCUT2D eigenvalue weighted by molar-refractivity contribution is 6.91. The highest BCUT2D eigenvalue weighted by atomic mass is 28.3. The van der Waals surface area contributed by atoms with Crippen LogP contribution in [-0.2, 0) is 16.1 Å². The topological polar surface area (TPSA) is 85.9 Å². The van der Waals surface area contributed by atoms with E-state index >= 15 is 0 Å². The Balaban J connectivity index is 1.49. The smallest absolute Gasteiger partial charge is 0.332 e. The number of allylic oxidation sites excluding steroid dienone is 2. The van der Waals surface area contributed by atoms with Gasteiger partial charge < -0.3 is 15.2 Å². The van der Waals surface area contributed by atoms with Crippen LogP contribution < -0.4 is 16.3 Å². The Hall–Kier alpha value is -3.00. The van der Waals surface area contributed by atoms with E-state index in [1.54, 1.807) is 0 Å². The molecular formula is C32H41N3O3Si. The summed E-state index contributed by atoms with van der Waals surface area (Å²) in [6, 6.07) is 20.7. The van der Waals surface area contributed by atoms with Crippen LogP contribution in [0.3, 0.4) is 0 Å². The summed E-state index contributed by atoms with van der Waals surface area (Å²) in [6.45, 7) is 7.77. The molecule has 5 rings (SSSR count). The zero-order valence-corrected chi connectivity index (χ0v) is 24.2. The summed E-state index contributed by atoms with van der Waals surface area (Å²) in [4.78, 5) is 11.3. The molecule has 2 bridgehead atoms. The molecule has 1 saturated heterocycles. The maximum absolute atomic E-state index is 11.3. The highest BCUT2D eigenvalue weighted by Gasteiger charge is 2.53. The molecular weight excluding hydrogens is 502 g/mol. The second kappa shape index (κ2) is 12.0. The van der Waals surface area contributed by atoms with Gasteiger partial charge in [0.05, 0.1) is 33.0 Å². The molecule has 0 spiro atoms. The molecule has 0 saturated carbocycles. The van der Waals surface area contributed by atoms with Crippen molar-refractivity contribution in [2.24, 2.45) is 28.6 Å². The third kappa shape index (κ3) is 6.11. The van der Waals surface area contributed by atoms with Crippen LogP contribution in [0, 0.1) is 17.8 Å². The minimum absolute atomic E-state index is 0.0673. The molecule has 0 aromatic heterocycles. The van der Waals surface area contributed by atoms with Crippen molar-refractivity contribution in [3.05, 3.63) is 90.0 Å². The van der Waals surface area contributed by atoms with E-state index in [-0.39, 0.29) is 36.1 Å². The number of ether oxygens (including phenoxy) is 2.